The normalized spacial score (nSPS) is 13.8. The summed E-state index contributed by atoms with van der Waals surface area (Å²) in [6, 6.07) is 10.4. The van der Waals surface area contributed by atoms with Crippen molar-refractivity contribution >= 4 is 41.5 Å². The van der Waals surface area contributed by atoms with Crippen LogP contribution in [-0.2, 0) is 5.41 Å². The van der Waals surface area contributed by atoms with Crippen molar-refractivity contribution in [2.24, 2.45) is 0 Å². The van der Waals surface area contributed by atoms with Gasteiger partial charge in [0.1, 0.15) is 36.7 Å². The number of nitrogens with zero attached hydrogens (tertiary/aromatic N) is 2. The highest BCUT2D eigenvalue weighted by Gasteiger charge is 2.32. The van der Waals surface area contributed by atoms with Gasteiger partial charge in [-0.1, -0.05) is 5.16 Å². The van der Waals surface area contributed by atoms with Crippen LogP contribution < -0.4 is 26.0 Å². The van der Waals surface area contributed by atoms with Crippen molar-refractivity contribution in [3.8, 4) is 5.75 Å². The summed E-state index contributed by atoms with van der Waals surface area (Å²) in [5, 5.41) is 14.7. The zero-order chi connectivity index (χ0) is 26.3. The van der Waals surface area contributed by atoms with Gasteiger partial charge in [-0.15, -0.1) is 12.4 Å². The second-order valence-corrected chi connectivity index (χ2v) is 8.96. The molecule has 0 aliphatic carbocycles. The average Bonchev–Trinajstić information content (AvgIpc) is 3.39. The molecule has 38 heavy (non-hydrogen) atoms. The molecule has 0 atom stereocenters. The SMILES string of the molecule is CC(CF)(CF)c1cc(NC(=O)Nc2ccc(NC(=O)c3ccc(OC4CCNCC4)cn3)cc2)no1.Cl. The predicted molar refractivity (Wildman–Crippen MR) is 141 cm³/mol. The Kier molecular flexibility index (Phi) is 9.97. The van der Waals surface area contributed by atoms with Crippen LogP contribution in [0.4, 0.5) is 30.8 Å². The number of benzene rings is 1. The lowest BCUT2D eigenvalue weighted by Crippen LogP contribution is -2.34. The Morgan fingerprint density at radius 3 is 2.32 bits per heavy atom. The Morgan fingerprint density at radius 1 is 1.05 bits per heavy atom. The molecule has 0 saturated carbocycles. The second kappa shape index (κ2) is 13.2. The zero-order valence-electron chi connectivity index (χ0n) is 20.6. The van der Waals surface area contributed by atoms with Gasteiger partial charge in [0, 0.05) is 17.4 Å². The number of hydrogen-bond acceptors (Lipinski definition) is 7. The number of alkyl halides is 2. The van der Waals surface area contributed by atoms with Gasteiger partial charge in [-0.2, -0.15) is 0 Å². The van der Waals surface area contributed by atoms with Crippen molar-refractivity contribution in [3.63, 3.8) is 0 Å². The minimum atomic E-state index is -1.46. The highest BCUT2D eigenvalue weighted by atomic mass is 35.5. The van der Waals surface area contributed by atoms with Crippen LogP contribution in [-0.4, -0.2) is 54.6 Å². The number of anilines is 3. The first-order valence-electron chi connectivity index (χ1n) is 11.8. The Morgan fingerprint density at radius 2 is 1.71 bits per heavy atom. The third-order valence-corrected chi connectivity index (χ3v) is 5.90. The number of urea groups is 1. The van der Waals surface area contributed by atoms with Crippen LogP contribution in [0.5, 0.6) is 5.75 Å². The third-order valence-electron chi connectivity index (χ3n) is 5.90. The molecule has 4 N–H and O–H groups in total. The van der Waals surface area contributed by atoms with E-state index in [9.17, 15) is 18.4 Å². The van der Waals surface area contributed by atoms with Gasteiger partial charge in [-0.05, 0) is 69.3 Å². The van der Waals surface area contributed by atoms with Crippen LogP contribution >= 0.6 is 12.4 Å². The monoisotopic (exact) mass is 550 g/mol. The molecule has 1 fully saturated rings. The van der Waals surface area contributed by atoms with E-state index in [1.807, 2.05) is 0 Å². The third kappa shape index (κ3) is 7.39. The largest absolute Gasteiger partial charge is 0.489 e. The number of carbonyl (C=O) groups is 2. The lowest BCUT2D eigenvalue weighted by molar-refractivity contribution is 0.102. The van der Waals surface area contributed by atoms with Crippen molar-refractivity contribution < 1.29 is 27.6 Å². The molecule has 13 heteroatoms. The first-order valence-corrected chi connectivity index (χ1v) is 11.8. The Hall–Kier alpha value is -3.77. The first-order chi connectivity index (χ1) is 17.9. The smallest absolute Gasteiger partial charge is 0.324 e. The molecular weight excluding hydrogens is 522 g/mol. The lowest BCUT2D eigenvalue weighted by atomic mass is 9.91. The molecule has 3 heterocycles. The quantitative estimate of drug-likeness (QED) is 0.303. The summed E-state index contributed by atoms with van der Waals surface area (Å²) >= 11 is 0. The van der Waals surface area contributed by atoms with Crippen LogP contribution in [0.1, 0.15) is 36.0 Å². The van der Waals surface area contributed by atoms with Gasteiger partial charge < -0.3 is 25.2 Å². The summed E-state index contributed by atoms with van der Waals surface area (Å²) in [6.45, 7) is 1.25. The van der Waals surface area contributed by atoms with Gasteiger partial charge in [0.15, 0.2) is 5.82 Å². The molecule has 3 amide bonds. The Labute approximate surface area is 224 Å². The fraction of sp³-hybridized carbons (Fsp3) is 0.360. The van der Waals surface area contributed by atoms with E-state index in [1.165, 1.54) is 19.2 Å². The topological polar surface area (TPSA) is 130 Å². The molecule has 1 aromatic carbocycles. The zero-order valence-corrected chi connectivity index (χ0v) is 21.4. The van der Waals surface area contributed by atoms with E-state index in [1.54, 1.807) is 36.4 Å². The fourth-order valence-electron chi connectivity index (χ4n) is 3.59. The van der Waals surface area contributed by atoms with E-state index in [4.69, 9.17) is 9.26 Å². The fourth-order valence-corrected chi connectivity index (χ4v) is 3.59. The highest BCUT2D eigenvalue weighted by Crippen LogP contribution is 2.27. The van der Waals surface area contributed by atoms with Crippen LogP contribution in [0.15, 0.2) is 53.2 Å². The number of nitrogens with one attached hydrogen (secondary N) is 4. The number of amides is 3. The van der Waals surface area contributed by atoms with Crippen molar-refractivity contribution in [2.75, 3.05) is 42.4 Å². The van der Waals surface area contributed by atoms with Gasteiger partial charge in [0.25, 0.3) is 5.91 Å². The number of halogens is 3. The lowest BCUT2D eigenvalue weighted by Gasteiger charge is -2.23. The maximum absolute atomic E-state index is 13.1. The summed E-state index contributed by atoms with van der Waals surface area (Å²) in [4.78, 5) is 29.0. The van der Waals surface area contributed by atoms with Crippen LogP contribution in [0, 0.1) is 0 Å². The average molecular weight is 551 g/mol. The summed E-state index contributed by atoms with van der Waals surface area (Å²) < 4.78 is 37.1. The number of piperidine rings is 1. The van der Waals surface area contributed by atoms with E-state index >= 15 is 0 Å². The minimum Gasteiger partial charge on any atom is -0.489 e. The molecule has 1 saturated heterocycles. The molecule has 0 unspecified atom stereocenters. The molecule has 0 spiro atoms. The van der Waals surface area contributed by atoms with Gasteiger partial charge in [0.2, 0.25) is 0 Å². The number of carbonyl (C=O) groups excluding carboxylic acids is 2. The van der Waals surface area contributed by atoms with Crippen LogP contribution in [0.3, 0.4) is 0 Å². The van der Waals surface area contributed by atoms with Crippen molar-refractivity contribution in [1.29, 1.82) is 0 Å². The van der Waals surface area contributed by atoms with E-state index < -0.39 is 24.8 Å². The number of hydrogen-bond donors (Lipinski definition) is 4. The van der Waals surface area contributed by atoms with Crippen molar-refractivity contribution in [3.05, 3.63) is 60.1 Å². The molecule has 4 rings (SSSR count). The number of pyridine rings is 1. The first kappa shape index (κ1) is 28.8. The molecule has 2 aromatic heterocycles. The summed E-state index contributed by atoms with van der Waals surface area (Å²) in [7, 11) is 0. The van der Waals surface area contributed by atoms with E-state index in [0.29, 0.717) is 17.1 Å². The highest BCUT2D eigenvalue weighted by molar-refractivity contribution is 6.03. The van der Waals surface area contributed by atoms with E-state index in [2.05, 4.69) is 31.4 Å². The van der Waals surface area contributed by atoms with Gasteiger partial charge in [0.05, 0.1) is 11.6 Å². The Balaban J connectivity index is 0.00000400. The number of rotatable bonds is 9. The van der Waals surface area contributed by atoms with Crippen LogP contribution in [0.2, 0.25) is 0 Å². The molecule has 0 radical (unpaired) electrons. The predicted octanol–water partition coefficient (Wildman–Crippen LogP) is 4.72. The summed E-state index contributed by atoms with van der Waals surface area (Å²) in [5.74, 6) is 0.246. The molecule has 10 nitrogen and oxygen atoms in total. The Bertz CT molecular complexity index is 1200. The minimum absolute atomic E-state index is 0. The standard InChI is InChI=1S/C25H28F2N6O4.ClH/c1-25(14-26,15-27)21-12-22(33-37-21)32-24(35)31-17-4-2-16(3-5-17)30-23(34)20-7-6-19(13-29-20)36-18-8-10-28-11-9-18;/h2-7,12-13,18,28H,8-11,14-15H2,1H3,(H,30,34)(H2,31,32,33,35);1H. The van der Waals surface area contributed by atoms with Gasteiger partial charge >= 0.3 is 6.03 Å². The maximum atomic E-state index is 13.1. The molecule has 1 aliphatic heterocycles. The van der Waals surface area contributed by atoms with E-state index in [-0.39, 0.29) is 41.7 Å². The van der Waals surface area contributed by atoms with Gasteiger partial charge in [-0.3, -0.25) is 10.1 Å². The summed E-state index contributed by atoms with van der Waals surface area (Å²) in [5.41, 5.74) is -0.274. The number of ether oxygens (including phenoxy) is 1. The maximum Gasteiger partial charge on any atom is 0.324 e. The molecular formula is C25H29ClF2N6O4. The van der Waals surface area contributed by atoms with Crippen molar-refractivity contribution in [2.45, 2.75) is 31.3 Å². The number of aromatic nitrogens is 2. The van der Waals surface area contributed by atoms with E-state index in [0.717, 1.165) is 25.9 Å². The molecule has 204 valence electrons. The second-order valence-electron chi connectivity index (χ2n) is 8.96. The van der Waals surface area contributed by atoms with Crippen LogP contribution in [0.25, 0.3) is 0 Å². The molecule has 3 aromatic rings. The molecule has 1 aliphatic rings. The molecule has 0 bridgehead atoms. The van der Waals surface area contributed by atoms with Gasteiger partial charge in [-0.25, -0.2) is 18.6 Å². The van der Waals surface area contributed by atoms with Crippen molar-refractivity contribution in [1.82, 2.24) is 15.5 Å². The summed E-state index contributed by atoms with van der Waals surface area (Å²) in [6.07, 6.45) is 3.53.